The normalized spacial score (nSPS) is 12.0. The van der Waals surface area contributed by atoms with Gasteiger partial charge in [-0.3, -0.25) is 4.79 Å². The van der Waals surface area contributed by atoms with Crippen LogP contribution in [0.25, 0.3) is 0 Å². The minimum Gasteiger partial charge on any atom is -0.342 e. The van der Waals surface area contributed by atoms with Crippen LogP contribution in [0.15, 0.2) is 60.9 Å². The van der Waals surface area contributed by atoms with Gasteiger partial charge in [0.05, 0.1) is 6.42 Å². The van der Waals surface area contributed by atoms with E-state index in [2.05, 4.69) is 29.4 Å². The first-order valence-corrected chi connectivity index (χ1v) is 9.66. The molecule has 0 spiro atoms. The largest absolute Gasteiger partial charge is 0.342 e. The molecule has 1 unspecified atom stereocenters. The zero-order chi connectivity index (χ0) is 19.9. The standard InChI is InChI=1S/C23H26FN3O/c1-3-4-6-17-9-11-18(12-10-17)15-21(28)26-22(23-25-13-14-27(23)2)19-7-5-8-20(24)16-19/h5,7-14,16,22H,3-4,6,15H2,1-2H3,(H,26,28). The predicted molar refractivity (Wildman–Crippen MR) is 108 cm³/mol. The smallest absolute Gasteiger partial charge is 0.225 e. The fourth-order valence-corrected chi connectivity index (χ4v) is 3.24. The Morgan fingerprint density at radius 2 is 1.93 bits per heavy atom. The van der Waals surface area contributed by atoms with Crippen LogP contribution in [0.3, 0.4) is 0 Å². The fourth-order valence-electron chi connectivity index (χ4n) is 3.24. The van der Waals surface area contributed by atoms with E-state index in [-0.39, 0.29) is 18.1 Å². The summed E-state index contributed by atoms with van der Waals surface area (Å²) in [6.07, 6.45) is 7.14. The molecule has 1 atom stereocenters. The second-order valence-corrected chi connectivity index (χ2v) is 7.05. The lowest BCUT2D eigenvalue weighted by Crippen LogP contribution is -2.32. The van der Waals surface area contributed by atoms with E-state index in [0.29, 0.717) is 11.4 Å². The van der Waals surface area contributed by atoms with Crippen LogP contribution >= 0.6 is 0 Å². The van der Waals surface area contributed by atoms with E-state index in [1.54, 1.807) is 18.3 Å². The molecule has 0 aliphatic rings. The van der Waals surface area contributed by atoms with Gasteiger partial charge < -0.3 is 9.88 Å². The van der Waals surface area contributed by atoms with Gasteiger partial charge in [0, 0.05) is 19.4 Å². The molecule has 1 heterocycles. The summed E-state index contributed by atoms with van der Waals surface area (Å²) in [5.41, 5.74) is 2.91. The number of halogens is 1. The summed E-state index contributed by atoms with van der Waals surface area (Å²) in [7, 11) is 1.86. The van der Waals surface area contributed by atoms with Crippen LogP contribution in [-0.2, 0) is 24.7 Å². The van der Waals surface area contributed by atoms with E-state index in [1.165, 1.54) is 30.5 Å². The first kappa shape index (κ1) is 19.8. The molecule has 3 rings (SSSR count). The molecule has 1 amide bonds. The number of unbranched alkanes of at least 4 members (excludes halogenated alkanes) is 1. The fraction of sp³-hybridized carbons (Fsp3) is 0.304. The number of benzene rings is 2. The van der Waals surface area contributed by atoms with Gasteiger partial charge in [-0.05, 0) is 41.7 Å². The van der Waals surface area contributed by atoms with Crippen LogP contribution in [-0.4, -0.2) is 15.5 Å². The third-order valence-electron chi connectivity index (χ3n) is 4.81. The van der Waals surface area contributed by atoms with Crippen LogP contribution in [0, 0.1) is 5.82 Å². The van der Waals surface area contributed by atoms with E-state index < -0.39 is 6.04 Å². The Balaban J connectivity index is 1.74. The molecule has 1 aromatic heterocycles. The van der Waals surface area contributed by atoms with Crippen LogP contribution in [0.4, 0.5) is 4.39 Å². The van der Waals surface area contributed by atoms with Gasteiger partial charge in [-0.15, -0.1) is 0 Å². The number of aromatic nitrogens is 2. The average Bonchev–Trinajstić information content (AvgIpc) is 3.11. The van der Waals surface area contributed by atoms with Crippen molar-refractivity contribution in [1.82, 2.24) is 14.9 Å². The Labute approximate surface area is 165 Å². The lowest BCUT2D eigenvalue weighted by Gasteiger charge is -2.19. The van der Waals surface area contributed by atoms with Crippen LogP contribution in [0.1, 0.15) is 48.3 Å². The van der Waals surface area contributed by atoms with Crippen LogP contribution < -0.4 is 5.32 Å². The molecule has 0 aliphatic carbocycles. The molecule has 0 bridgehead atoms. The van der Waals surface area contributed by atoms with Gasteiger partial charge >= 0.3 is 0 Å². The van der Waals surface area contributed by atoms with Crippen molar-refractivity contribution >= 4 is 5.91 Å². The summed E-state index contributed by atoms with van der Waals surface area (Å²) in [5.74, 6) is 0.195. The summed E-state index contributed by atoms with van der Waals surface area (Å²) in [4.78, 5) is 17.1. The van der Waals surface area contributed by atoms with Gasteiger partial charge in [-0.1, -0.05) is 49.7 Å². The maximum atomic E-state index is 13.7. The maximum Gasteiger partial charge on any atom is 0.225 e. The molecule has 5 heteroatoms. The number of hydrogen-bond donors (Lipinski definition) is 1. The molecule has 0 saturated carbocycles. The van der Waals surface area contributed by atoms with E-state index in [0.717, 1.165) is 12.0 Å². The van der Waals surface area contributed by atoms with Gasteiger partial charge in [-0.25, -0.2) is 9.37 Å². The highest BCUT2D eigenvalue weighted by Gasteiger charge is 2.21. The first-order valence-electron chi connectivity index (χ1n) is 9.66. The molecule has 2 aromatic carbocycles. The third-order valence-corrected chi connectivity index (χ3v) is 4.81. The predicted octanol–water partition coefficient (Wildman–Crippen LogP) is 4.35. The second kappa shape index (κ2) is 9.31. The number of nitrogens with one attached hydrogen (secondary N) is 1. The van der Waals surface area contributed by atoms with Crippen molar-refractivity contribution < 1.29 is 9.18 Å². The summed E-state index contributed by atoms with van der Waals surface area (Å²) in [5, 5.41) is 3.01. The van der Waals surface area contributed by atoms with E-state index in [4.69, 9.17) is 0 Å². The first-order chi connectivity index (χ1) is 13.6. The number of hydrogen-bond acceptors (Lipinski definition) is 2. The molecule has 3 aromatic rings. The van der Waals surface area contributed by atoms with Crippen molar-refractivity contribution in [2.45, 2.75) is 38.6 Å². The van der Waals surface area contributed by atoms with Crippen molar-refractivity contribution in [3.05, 3.63) is 89.3 Å². The SMILES string of the molecule is CCCCc1ccc(CC(=O)NC(c2cccc(F)c2)c2nccn2C)cc1. The molecule has 0 saturated heterocycles. The highest BCUT2D eigenvalue weighted by Crippen LogP contribution is 2.21. The van der Waals surface area contributed by atoms with Crippen molar-refractivity contribution in [2.75, 3.05) is 0 Å². The van der Waals surface area contributed by atoms with Crippen LogP contribution in [0.2, 0.25) is 0 Å². The summed E-state index contributed by atoms with van der Waals surface area (Å²) in [6, 6.07) is 13.9. The molecule has 0 fully saturated rings. The average molecular weight is 379 g/mol. The van der Waals surface area contributed by atoms with Gasteiger partial charge in [0.25, 0.3) is 0 Å². The summed E-state index contributed by atoms with van der Waals surface area (Å²) >= 11 is 0. The van der Waals surface area contributed by atoms with Crippen molar-refractivity contribution in [1.29, 1.82) is 0 Å². The van der Waals surface area contributed by atoms with Gasteiger partial charge in [0.2, 0.25) is 5.91 Å². The molecule has 0 radical (unpaired) electrons. The Kier molecular flexibility index (Phi) is 6.58. The Morgan fingerprint density at radius 1 is 1.18 bits per heavy atom. The topological polar surface area (TPSA) is 46.9 Å². The van der Waals surface area contributed by atoms with E-state index >= 15 is 0 Å². The highest BCUT2D eigenvalue weighted by atomic mass is 19.1. The minimum atomic E-state index is -0.507. The molecule has 0 aliphatic heterocycles. The van der Waals surface area contributed by atoms with Crippen molar-refractivity contribution in [3.8, 4) is 0 Å². The Hall–Kier alpha value is -2.95. The van der Waals surface area contributed by atoms with Crippen LogP contribution in [0.5, 0.6) is 0 Å². The molecular weight excluding hydrogens is 353 g/mol. The van der Waals surface area contributed by atoms with Gasteiger partial charge in [0.1, 0.15) is 17.7 Å². The number of carbonyl (C=O) groups is 1. The quantitative estimate of drug-likeness (QED) is 0.632. The van der Waals surface area contributed by atoms with Crippen molar-refractivity contribution in [2.24, 2.45) is 7.05 Å². The Morgan fingerprint density at radius 3 is 2.57 bits per heavy atom. The number of nitrogens with zero attached hydrogens (tertiary/aromatic N) is 2. The van der Waals surface area contributed by atoms with E-state index in [9.17, 15) is 9.18 Å². The summed E-state index contributed by atoms with van der Waals surface area (Å²) < 4.78 is 15.6. The van der Waals surface area contributed by atoms with Gasteiger partial charge in [0.15, 0.2) is 0 Å². The molecule has 146 valence electrons. The maximum absolute atomic E-state index is 13.7. The number of imidazole rings is 1. The Bertz CT molecular complexity index is 918. The number of carbonyl (C=O) groups excluding carboxylic acids is 1. The molecule has 28 heavy (non-hydrogen) atoms. The zero-order valence-electron chi connectivity index (χ0n) is 16.4. The summed E-state index contributed by atoms with van der Waals surface area (Å²) in [6.45, 7) is 2.18. The molecule has 1 N–H and O–H groups in total. The lowest BCUT2D eigenvalue weighted by molar-refractivity contribution is -0.121. The molecular formula is C23H26FN3O. The van der Waals surface area contributed by atoms with Crippen molar-refractivity contribution in [3.63, 3.8) is 0 Å². The number of amides is 1. The third kappa shape index (κ3) is 5.06. The number of aryl methyl sites for hydroxylation is 2. The second-order valence-electron chi connectivity index (χ2n) is 7.05. The number of rotatable bonds is 8. The monoisotopic (exact) mass is 379 g/mol. The highest BCUT2D eigenvalue weighted by molar-refractivity contribution is 5.79. The van der Waals surface area contributed by atoms with Gasteiger partial charge in [-0.2, -0.15) is 0 Å². The lowest BCUT2D eigenvalue weighted by atomic mass is 10.0. The zero-order valence-corrected chi connectivity index (χ0v) is 16.4. The molecule has 4 nitrogen and oxygen atoms in total. The van der Waals surface area contributed by atoms with E-state index in [1.807, 2.05) is 29.9 Å². The minimum absolute atomic E-state index is 0.126.